The molecule has 0 fully saturated rings. The Morgan fingerprint density at radius 1 is 1.28 bits per heavy atom. The minimum absolute atomic E-state index is 0.0853. The van der Waals surface area contributed by atoms with Crippen LogP contribution >= 0.6 is 0 Å². The van der Waals surface area contributed by atoms with Gasteiger partial charge in [-0.05, 0) is 30.0 Å². The largest absolute Gasteiger partial charge is 0.497 e. The first kappa shape index (κ1) is 14.6. The van der Waals surface area contributed by atoms with Gasteiger partial charge in [0, 0.05) is 6.42 Å². The Balaban J connectivity index is 2.67. The Morgan fingerprint density at radius 2 is 1.89 bits per heavy atom. The number of ether oxygens (including phenoxy) is 1. The molecule has 0 aliphatic heterocycles. The number of benzene rings is 1. The van der Waals surface area contributed by atoms with Crippen LogP contribution < -0.4 is 10.1 Å². The first-order chi connectivity index (χ1) is 8.56. The Bertz CT molecular complexity index is 371. The highest BCUT2D eigenvalue weighted by Gasteiger charge is 2.13. The molecule has 1 amide bonds. The van der Waals surface area contributed by atoms with Gasteiger partial charge in [-0.1, -0.05) is 32.9 Å². The first-order valence-electron chi connectivity index (χ1n) is 6.50. The molecule has 0 radical (unpaired) electrons. The normalized spacial score (nSPS) is 12.3. The number of methoxy groups -OCH3 is 1. The topological polar surface area (TPSA) is 38.3 Å². The van der Waals surface area contributed by atoms with Crippen LogP contribution in [-0.2, 0) is 4.79 Å². The van der Waals surface area contributed by atoms with E-state index in [0.717, 1.165) is 17.7 Å². The van der Waals surface area contributed by atoms with Crippen LogP contribution in [0.3, 0.4) is 0 Å². The Hall–Kier alpha value is -1.51. The molecule has 100 valence electrons. The van der Waals surface area contributed by atoms with Crippen molar-refractivity contribution in [3.05, 3.63) is 29.8 Å². The molecule has 1 rings (SSSR count). The zero-order valence-corrected chi connectivity index (χ0v) is 11.7. The van der Waals surface area contributed by atoms with Crippen molar-refractivity contribution in [2.45, 2.75) is 39.7 Å². The third kappa shape index (κ3) is 4.40. The lowest BCUT2D eigenvalue weighted by atomic mass is 10.0. The van der Waals surface area contributed by atoms with Gasteiger partial charge in [0.25, 0.3) is 0 Å². The fourth-order valence-electron chi connectivity index (χ4n) is 1.88. The van der Waals surface area contributed by atoms with Crippen LogP contribution in [0.1, 0.15) is 45.2 Å². The summed E-state index contributed by atoms with van der Waals surface area (Å²) in [6.45, 7) is 6.17. The summed E-state index contributed by atoms with van der Waals surface area (Å²) in [4.78, 5) is 11.8. The van der Waals surface area contributed by atoms with Crippen molar-refractivity contribution in [2.24, 2.45) is 5.92 Å². The van der Waals surface area contributed by atoms with Crippen molar-refractivity contribution < 1.29 is 9.53 Å². The zero-order chi connectivity index (χ0) is 13.5. The number of carbonyl (C=O) groups excluding carboxylic acids is 1. The predicted octanol–water partition coefficient (Wildman–Crippen LogP) is 3.31. The number of hydrogen-bond acceptors (Lipinski definition) is 2. The van der Waals surface area contributed by atoms with Crippen molar-refractivity contribution in [1.82, 2.24) is 5.32 Å². The van der Waals surface area contributed by atoms with E-state index in [2.05, 4.69) is 12.2 Å². The van der Waals surface area contributed by atoms with Gasteiger partial charge in [-0.15, -0.1) is 0 Å². The third-order valence-corrected chi connectivity index (χ3v) is 2.86. The number of rotatable bonds is 6. The fourth-order valence-corrected chi connectivity index (χ4v) is 1.88. The average Bonchev–Trinajstić information content (AvgIpc) is 2.35. The van der Waals surface area contributed by atoms with Crippen LogP contribution in [0, 0.1) is 5.92 Å². The maximum absolute atomic E-state index is 11.8. The summed E-state index contributed by atoms with van der Waals surface area (Å²) in [5.41, 5.74) is 1.12. The molecular formula is C15H23NO2. The lowest BCUT2D eigenvalue weighted by molar-refractivity contribution is -0.122. The van der Waals surface area contributed by atoms with E-state index >= 15 is 0 Å². The third-order valence-electron chi connectivity index (χ3n) is 2.86. The monoisotopic (exact) mass is 249 g/mol. The summed E-state index contributed by atoms with van der Waals surface area (Å²) in [5.74, 6) is 1.34. The molecular weight excluding hydrogens is 226 g/mol. The van der Waals surface area contributed by atoms with E-state index in [1.54, 1.807) is 7.11 Å². The van der Waals surface area contributed by atoms with Gasteiger partial charge in [0.05, 0.1) is 13.2 Å². The highest BCUT2D eigenvalue weighted by atomic mass is 16.5. The summed E-state index contributed by atoms with van der Waals surface area (Å²) < 4.78 is 5.13. The van der Waals surface area contributed by atoms with Gasteiger partial charge in [-0.25, -0.2) is 0 Å². The number of carbonyl (C=O) groups is 1. The van der Waals surface area contributed by atoms with Crippen LogP contribution in [0.4, 0.5) is 0 Å². The average molecular weight is 249 g/mol. The van der Waals surface area contributed by atoms with Gasteiger partial charge >= 0.3 is 0 Å². The van der Waals surface area contributed by atoms with Gasteiger partial charge < -0.3 is 10.1 Å². The molecule has 18 heavy (non-hydrogen) atoms. The highest BCUT2D eigenvalue weighted by molar-refractivity contribution is 5.76. The molecule has 0 heterocycles. The van der Waals surface area contributed by atoms with Crippen molar-refractivity contribution in [2.75, 3.05) is 7.11 Å². The lowest BCUT2D eigenvalue weighted by Gasteiger charge is -2.18. The van der Waals surface area contributed by atoms with Crippen LogP contribution in [0.15, 0.2) is 24.3 Å². The summed E-state index contributed by atoms with van der Waals surface area (Å²) in [7, 11) is 1.65. The molecule has 1 unspecified atom stereocenters. The summed E-state index contributed by atoms with van der Waals surface area (Å²) in [5, 5.41) is 3.07. The molecule has 1 atom stereocenters. The smallest absolute Gasteiger partial charge is 0.220 e. The summed E-state index contributed by atoms with van der Waals surface area (Å²) in [6, 6.07) is 7.94. The highest BCUT2D eigenvalue weighted by Crippen LogP contribution is 2.20. The molecule has 0 aliphatic rings. The lowest BCUT2D eigenvalue weighted by Crippen LogP contribution is -2.28. The van der Waals surface area contributed by atoms with Gasteiger partial charge in [-0.2, -0.15) is 0 Å². The molecule has 0 bridgehead atoms. The van der Waals surface area contributed by atoms with Crippen LogP contribution in [-0.4, -0.2) is 13.0 Å². The van der Waals surface area contributed by atoms with E-state index in [1.165, 1.54) is 0 Å². The van der Waals surface area contributed by atoms with Crippen molar-refractivity contribution in [3.8, 4) is 5.75 Å². The number of amides is 1. The van der Waals surface area contributed by atoms with Crippen LogP contribution in [0.5, 0.6) is 5.75 Å². The van der Waals surface area contributed by atoms with Gasteiger partial charge in [0.1, 0.15) is 5.75 Å². The Kier molecular flexibility index (Phi) is 5.69. The van der Waals surface area contributed by atoms with E-state index in [0.29, 0.717) is 12.3 Å². The SMILES string of the molecule is CCC(NC(=O)CC(C)C)c1ccc(OC)cc1. The van der Waals surface area contributed by atoms with Gasteiger partial charge in [-0.3, -0.25) is 4.79 Å². The molecule has 1 aromatic carbocycles. The molecule has 1 N–H and O–H groups in total. The predicted molar refractivity (Wildman–Crippen MR) is 73.6 cm³/mol. The van der Waals surface area contributed by atoms with Gasteiger partial charge in [0.15, 0.2) is 0 Å². The molecule has 0 saturated heterocycles. The number of hydrogen-bond donors (Lipinski definition) is 1. The Labute approximate surface area is 110 Å². The second-order valence-electron chi connectivity index (χ2n) is 4.90. The molecule has 0 aliphatic carbocycles. The maximum atomic E-state index is 11.8. The summed E-state index contributed by atoms with van der Waals surface area (Å²) >= 11 is 0. The van der Waals surface area contributed by atoms with Crippen molar-refractivity contribution >= 4 is 5.91 Å². The van der Waals surface area contributed by atoms with Crippen molar-refractivity contribution in [1.29, 1.82) is 0 Å². The number of nitrogens with one attached hydrogen (secondary N) is 1. The molecule has 3 heteroatoms. The van der Waals surface area contributed by atoms with Gasteiger partial charge in [0.2, 0.25) is 5.91 Å². The molecule has 3 nitrogen and oxygen atoms in total. The quantitative estimate of drug-likeness (QED) is 0.840. The van der Waals surface area contributed by atoms with Crippen molar-refractivity contribution in [3.63, 3.8) is 0 Å². The minimum atomic E-state index is 0.0853. The molecule has 0 spiro atoms. The molecule has 0 aromatic heterocycles. The second kappa shape index (κ2) is 7.04. The van der Waals surface area contributed by atoms with E-state index < -0.39 is 0 Å². The minimum Gasteiger partial charge on any atom is -0.497 e. The van der Waals surface area contributed by atoms with Crippen LogP contribution in [0.25, 0.3) is 0 Å². The van der Waals surface area contributed by atoms with E-state index in [4.69, 9.17) is 4.74 Å². The summed E-state index contributed by atoms with van der Waals surface area (Å²) in [6.07, 6.45) is 1.46. The maximum Gasteiger partial charge on any atom is 0.220 e. The first-order valence-corrected chi connectivity index (χ1v) is 6.50. The van der Waals surface area contributed by atoms with E-state index in [-0.39, 0.29) is 11.9 Å². The standard InChI is InChI=1S/C15H23NO2/c1-5-14(16-15(17)10-11(2)3)12-6-8-13(18-4)9-7-12/h6-9,11,14H,5,10H2,1-4H3,(H,16,17). The molecule has 1 aromatic rings. The van der Waals surface area contributed by atoms with E-state index in [1.807, 2.05) is 38.1 Å². The molecule has 0 saturated carbocycles. The van der Waals surface area contributed by atoms with E-state index in [9.17, 15) is 4.79 Å². The Morgan fingerprint density at radius 3 is 2.33 bits per heavy atom. The zero-order valence-electron chi connectivity index (χ0n) is 11.7. The fraction of sp³-hybridized carbons (Fsp3) is 0.533. The van der Waals surface area contributed by atoms with Crippen LogP contribution in [0.2, 0.25) is 0 Å². The second-order valence-corrected chi connectivity index (χ2v) is 4.90.